The van der Waals surface area contributed by atoms with Crippen molar-refractivity contribution in [3.8, 4) is 0 Å². The van der Waals surface area contributed by atoms with Gasteiger partial charge in [-0.05, 0) is 20.8 Å². The van der Waals surface area contributed by atoms with Crippen molar-refractivity contribution in [3.63, 3.8) is 0 Å². The SMILES string of the molecule is CC(=O)OC(C(C)=O)(C(O)(CO)C(C)=O)[C@](OC(C)=O)(C(C)=O)C(=O)C(C)=O. The molecule has 28 heavy (non-hydrogen) atoms. The van der Waals surface area contributed by atoms with Gasteiger partial charge in [-0.15, -0.1) is 0 Å². The molecule has 0 aromatic rings. The Bertz CT molecular complexity index is 752. The number of Topliss-reactive ketones (excluding diaryl/α,β-unsaturated/α-hetero) is 5. The van der Waals surface area contributed by atoms with Gasteiger partial charge in [-0.1, -0.05) is 0 Å². The third-order valence-electron chi connectivity index (χ3n) is 4.11. The number of aliphatic hydroxyl groups is 2. The van der Waals surface area contributed by atoms with Crippen molar-refractivity contribution < 1.29 is 53.2 Å². The molecule has 0 aromatic carbocycles. The van der Waals surface area contributed by atoms with Gasteiger partial charge >= 0.3 is 11.9 Å². The fourth-order valence-electron chi connectivity index (χ4n) is 2.97. The molecule has 0 rings (SSSR count). The number of rotatable bonds is 10. The molecule has 0 radical (unpaired) electrons. The van der Waals surface area contributed by atoms with E-state index >= 15 is 0 Å². The molecule has 0 bridgehead atoms. The van der Waals surface area contributed by atoms with Gasteiger partial charge in [-0.2, -0.15) is 0 Å². The van der Waals surface area contributed by atoms with Crippen LogP contribution >= 0.6 is 0 Å². The van der Waals surface area contributed by atoms with E-state index in [0.29, 0.717) is 41.5 Å². The van der Waals surface area contributed by atoms with Crippen LogP contribution in [0.1, 0.15) is 41.5 Å². The van der Waals surface area contributed by atoms with Crippen molar-refractivity contribution in [1.82, 2.24) is 0 Å². The highest BCUT2D eigenvalue weighted by Crippen LogP contribution is 2.43. The summed E-state index contributed by atoms with van der Waals surface area (Å²) in [5.74, 6) is -10.5. The van der Waals surface area contributed by atoms with Crippen LogP contribution in [0.5, 0.6) is 0 Å². The number of ketones is 5. The van der Waals surface area contributed by atoms with Crippen molar-refractivity contribution in [3.05, 3.63) is 0 Å². The van der Waals surface area contributed by atoms with Gasteiger partial charge in [0.2, 0.25) is 0 Å². The van der Waals surface area contributed by atoms with Crippen LogP contribution in [0.2, 0.25) is 0 Å². The van der Waals surface area contributed by atoms with E-state index in [0.717, 1.165) is 0 Å². The highest BCUT2D eigenvalue weighted by atomic mass is 16.6. The Morgan fingerprint density at radius 3 is 1.36 bits per heavy atom. The fraction of sp³-hybridized carbons (Fsp3) is 0.588. The summed E-state index contributed by atoms with van der Waals surface area (Å²) < 4.78 is 9.59. The van der Waals surface area contributed by atoms with E-state index in [1.807, 2.05) is 0 Å². The molecule has 156 valence electrons. The van der Waals surface area contributed by atoms with Gasteiger partial charge in [0.05, 0.1) is 6.61 Å². The third-order valence-corrected chi connectivity index (χ3v) is 4.11. The number of aliphatic hydroxyl groups excluding tert-OH is 1. The zero-order valence-electron chi connectivity index (χ0n) is 16.3. The molecule has 0 saturated carbocycles. The number of carbonyl (C=O) groups is 7. The van der Waals surface area contributed by atoms with Crippen molar-refractivity contribution in [2.24, 2.45) is 0 Å². The molecule has 0 spiro atoms. The molecule has 0 amide bonds. The highest BCUT2D eigenvalue weighted by molar-refractivity contribution is 6.46. The lowest BCUT2D eigenvalue weighted by Gasteiger charge is -2.50. The summed E-state index contributed by atoms with van der Waals surface area (Å²) in [6, 6.07) is 0. The van der Waals surface area contributed by atoms with Crippen LogP contribution in [0.3, 0.4) is 0 Å². The van der Waals surface area contributed by atoms with Crippen molar-refractivity contribution in [2.75, 3.05) is 6.61 Å². The molecule has 2 unspecified atom stereocenters. The van der Waals surface area contributed by atoms with Crippen LogP contribution in [-0.2, 0) is 43.0 Å². The van der Waals surface area contributed by atoms with Crippen LogP contribution in [0.4, 0.5) is 0 Å². The zero-order chi connectivity index (χ0) is 22.7. The molecular formula is C17H22O11. The first-order chi connectivity index (χ1) is 12.6. The Hall–Kier alpha value is -2.79. The number of esters is 2. The molecule has 0 aliphatic carbocycles. The van der Waals surface area contributed by atoms with Crippen LogP contribution in [0, 0.1) is 0 Å². The Balaban J connectivity index is 7.87. The Kier molecular flexibility index (Phi) is 7.64. The van der Waals surface area contributed by atoms with Gasteiger partial charge in [-0.3, -0.25) is 33.6 Å². The lowest BCUT2D eigenvalue weighted by atomic mass is 9.63. The van der Waals surface area contributed by atoms with E-state index in [9.17, 15) is 43.8 Å². The lowest BCUT2D eigenvalue weighted by Crippen LogP contribution is -2.82. The minimum Gasteiger partial charge on any atom is -0.442 e. The van der Waals surface area contributed by atoms with Crippen LogP contribution in [0.15, 0.2) is 0 Å². The summed E-state index contributed by atoms with van der Waals surface area (Å²) in [4.78, 5) is 85.5. The van der Waals surface area contributed by atoms with Gasteiger partial charge in [0.25, 0.3) is 17.0 Å². The maximum Gasteiger partial charge on any atom is 0.304 e. The first kappa shape index (κ1) is 25.2. The maximum absolute atomic E-state index is 12.8. The normalized spacial score (nSPS) is 17.1. The standard InChI is InChI=1S/C17H22O11/c1-8(19)14(25)16(10(3)21,27-12(5)23)17(11(4)22,28-13(6)24)15(26,7-18)9(2)20/h18,26H,7H2,1-6H3/t15?,16-,17?/m0/s1. The summed E-state index contributed by atoms with van der Waals surface area (Å²) in [6.45, 7) is 2.32. The minimum absolute atomic E-state index is 0.612. The molecule has 0 aliphatic heterocycles. The van der Waals surface area contributed by atoms with E-state index in [1.165, 1.54) is 0 Å². The molecule has 11 heteroatoms. The van der Waals surface area contributed by atoms with Gasteiger partial charge in [0.15, 0.2) is 28.7 Å². The maximum atomic E-state index is 12.8. The first-order valence-corrected chi connectivity index (χ1v) is 7.89. The predicted molar refractivity (Wildman–Crippen MR) is 88.8 cm³/mol. The first-order valence-electron chi connectivity index (χ1n) is 7.89. The lowest BCUT2D eigenvalue weighted by molar-refractivity contribution is -0.247. The van der Waals surface area contributed by atoms with Gasteiger partial charge in [-0.25, -0.2) is 0 Å². The Labute approximate surface area is 160 Å². The van der Waals surface area contributed by atoms with E-state index in [2.05, 4.69) is 0 Å². The third kappa shape index (κ3) is 3.62. The number of ether oxygens (including phenoxy) is 2. The molecule has 11 nitrogen and oxygen atoms in total. The van der Waals surface area contributed by atoms with E-state index in [4.69, 9.17) is 9.47 Å². The minimum atomic E-state index is -3.58. The smallest absolute Gasteiger partial charge is 0.304 e. The van der Waals surface area contributed by atoms with Gasteiger partial charge in [0.1, 0.15) is 0 Å². The van der Waals surface area contributed by atoms with Crippen LogP contribution in [0.25, 0.3) is 0 Å². The number of hydrogen-bond acceptors (Lipinski definition) is 11. The van der Waals surface area contributed by atoms with Crippen molar-refractivity contribution >= 4 is 40.9 Å². The molecule has 0 heterocycles. The molecule has 0 aliphatic rings. The second-order valence-electron chi connectivity index (χ2n) is 6.12. The summed E-state index contributed by atoms with van der Waals surface area (Å²) in [5, 5.41) is 20.5. The van der Waals surface area contributed by atoms with Crippen LogP contribution in [-0.4, -0.2) is 74.5 Å². The average Bonchev–Trinajstić information content (AvgIpc) is 2.54. The van der Waals surface area contributed by atoms with Gasteiger partial charge in [0, 0.05) is 20.8 Å². The summed E-state index contributed by atoms with van der Waals surface area (Å²) in [6.07, 6.45) is 0. The fourth-order valence-corrected chi connectivity index (χ4v) is 2.97. The molecule has 0 fully saturated rings. The van der Waals surface area contributed by atoms with E-state index < -0.39 is 64.3 Å². The zero-order valence-corrected chi connectivity index (χ0v) is 16.3. The number of hydrogen-bond donors (Lipinski definition) is 2. The number of carbonyl (C=O) groups excluding carboxylic acids is 7. The summed E-state index contributed by atoms with van der Waals surface area (Å²) in [7, 11) is 0. The molecule has 3 atom stereocenters. The summed E-state index contributed by atoms with van der Waals surface area (Å²) >= 11 is 0. The van der Waals surface area contributed by atoms with E-state index in [1.54, 1.807) is 0 Å². The second kappa shape index (κ2) is 8.48. The monoisotopic (exact) mass is 402 g/mol. The molecular weight excluding hydrogens is 380 g/mol. The second-order valence-corrected chi connectivity index (χ2v) is 6.12. The van der Waals surface area contributed by atoms with Crippen molar-refractivity contribution in [2.45, 2.75) is 58.3 Å². The Morgan fingerprint density at radius 1 is 0.714 bits per heavy atom. The topological polar surface area (TPSA) is 178 Å². The van der Waals surface area contributed by atoms with Gasteiger partial charge < -0.3 is 19.7 Å². The molecule has 0 saturated heterocycles. The molecule has 0 aromatic heterocycles. The Morgan fingerprint density at radius 2 is 1.14 bits per heavy atom. The highest BCUT2D eigenvalue weighted by Gasteiger charge is 2.78. The van der Waals surface area contributed by atoms with Crippen molar-refractivity contribution in [1.29, 1.82) is 0 Å². The van der Waals surface area contributed by atoms with Crippen LogP contribution < -0.4 is 0 Å². The average molecular weight is 402 g/mol. The predicted octanol–water partition coefficient (Wildman–Crippen LogP) is -1.76. The summed E-state index contributed by atoms with van der Waals surface area (Å²) in [5.41, 5.74) is -10.6. The largest absolute Gasteiger partial charge is 0.442 e. The van der Waals surface area contributed by atoms with E-state index in [-0.39, 0.29) is 0 Å². The quantitative estimate of drug-likeness (QED) is 0.240. The molecule has 2 N–H and O–H groups in total.